The minimum atomic E-state index is 0.876. The Morgan fingerprint density at radius 1 is 0.472 bits per heavy atom. The number of aryl methyl sites for hydroxylation is 2. The molecule has 0 saturated carbocycles. The summed E-state index contributed by atoms with van der Waals surface area (Å²) in [5.74, 6) is 1.75. The Kier molecular flexibility index (Phi) is 9.04. The Labute approximate surface area is 214 Å². The highest BCUT2D eigenvalue weighted by molar-refractivity contribution is 5.70. The number of aromatic nitrogens is 2. The number of benzene rings is 2. The van der Waals surface area contributed by atoms with Crippen LogP contribution in [0.3, 0.4) is 0 Å². The van der Waals surface area contributed by atoms with E-state index >= 15 is 0 Å². The summed E-state index contributed by atoms with van der Waals surface area (Å²) in [6, 6.07) is 24.8. The molecule has 0 unspecified atom stereocenters. The predicted molar refractivity (Wildman–Crippen MR) is 146 cm³/mol. The summed E-state index contributed by atoms with van der Waals surface area (Å²) in [4.78, 5) is 0. The van der Waals surface area contributed by atoms with Gasteiger partial charge in [-0.15, -0.1) is 0 Å². The van der Waals surface area contributed by atoms with Gasteiger partial charge in [-0.1, -0.05) is 48.6 Å². The molecule has 0 radical (unpaired) electrons. The van der Waals surface area contributed by atoms with Gasteiger partial charge in [0.05, 0.1) is 14.2 Å². The third kappa shape index (κ3) is 7.67. The Hall–Kier alpha value is -4.18. The van der Waals surface area contributed by atoms with Crippen molar-refractivity contribution in [3.63, 3.8) is 0 Å². The molecule has 2 aromatic carbocycles. The molecule has 4 nitrogen and oxygen atoms in total. The molecule has 0 atom stereocenters. The molecule has 4 heteroatoms. The summed E-state index contributed by atoms with van der Waals surface area (Å²) >= 11 is 0. The quantitative estimate of drug-likeness (QED) is 0.192. The second-order valence-corrected chi connectivity index (χ2v) is 8.66. The van der Waals surface area contributed by atoms with Crippen LogP contribution in [0.25, 0.3) is 24.3 Å². The van der Waals surface area contributed by atoms with Crippen molar-refractivity contribution in [1.29, 1.82) is 0 Å². The number of methoxy groups -OCH3 is 2. The van der Waals surface area contributed by atoms with E-state index in [1.54, 1.807) is 14.2 Å². The molecule has 36 heavy (non-hydrogen) atoms. The van der Waals surface area contributed by atoms with Crippen LogP contribution in [0.5, 0.6) is 11.5 Å². The number of pyridine rings is 2. The topological polar surface area (TPSA) is 26.2 Å². The maximum Gasteiger partial charge on any atom is 0.169 e. The molecule has 2 heterocycles. The van der Waals surface area contributed by atoms with Crippen molar-refractivity contribution in [2.45, 2.75) is 25.9 Å². The first-order chi connectivity index (χ1) is 17.7. The summed E-state index contributed by atoms with van der Waals surface area (Å²) < 4.78 is 14.9. The van der Waals surface area contributed by atoms with Crippen LogP contribution < -0.4 is 18.6 Å². The molecule has 0 saturated heterocycles. The number of hydrogen-bond acceptors (Lipinski definition) is 2. The van der Waals surface area contributed by atoms with Gasteiger partial charge in [-0.25, -0.2) is 9.13 Å². The van der Waals surface area contributed by atoms with Crippen molar-refractivity contribution in [3.05, 3.63) is 120 Å². The average Bonchev–Trinajstić information content (AvgIpc) is 2.95. The van der Waals surface area contributed by atoms with Gasteiger partial charge >= 0.3 is 0 Å². The van der Waals surface area contributed by atoms with E-state index in [9.17, 15) is 0 Å². The zero-order valence-electron chi connectivity index (χ0n) is 21.1. The smallest absolute Gasteiger partial charge is 0.169 e. The first kappa shape index (κ1) is 24.9. The van der Waals surface area contributed by atoms with Crippen molar-refractivity contribution >= 4 is 24.3 Å². The van der Waals surface area contributed by atoms with Crippen molar-refractivity contribution < 1.29 is 18.6 Å². The molecule has 0 amide bonds. The molecule has 0 aliphatic rings. The SMILES string of the molecule is COc1ccc(/C=C/c2cc[n+](CCCC[n+]3ccc(/C=C/c4ccc(OC)cc4)cc3)cc2)cc1. The number of ether oxygens (including phenoxy) is 2. The Balaban J connectivity index is 1.19. The van der Waals surface area contributed by atoms with Crippen LogP contribution in [0.15, 0.2) is 97.6 Å². The van der Waals surface area contributed by atoms with Gasteiger partial charge in [0, 0.05) is 37.1 Å². The minimum absolute atomic E-state index is 0.876. The number of nitrogens with zero attached hydrogens (tertiary/aromatic N) is 2. The van der Waals surface area contributed by atoms with Gasteiger partial charge in [0.15, 0.2) is 24.8 Å². The standard InChI is InChI=1S/C32H34N2O2/c1-35-31-13-9-27(10-14-31)5-7-29-17-23-33(24-18-29)21-3-4-22-34-25-19-30(20-26-34)8-6-28-11-15-32(36-2)16-12-28/h5-20,23-26H,3-4,21-22H2,1-2H3/q+2/b7-5+,8-6+. The monoisotopic (exact) mass is 478 g/mol. The lowest BCUT2D eigenvalue weighted by Crippen LogP contribution is -2.35. The molecular weight excluding hydrogens is 444 g/mol. The number of rotatable bonds is 11. The van der Waals surface area contributed by atoms with Gasteiger partial charge in [0.25, 0.3) is 0 Å². The van der Waals surface area contributed by atoms with Crippen LogP contribution in [0.1, 0.15) is 35.1 Å². The summed E-state index contributed by atoms with van der Waals surface area (Å²) in [7, 11) is 3.37. The first-order valence-corrected chi connectivity index (χ1v) is 12.3. The van der Waals surface area contributed by atoms with E-state index in [1.165, 1.54) is 11.1 Å². The fourth-order valence-electron chi connectivity index (χ4n) is 3.86. The molecule has 0 spiro atoms. The van der Waals surface area contributed by atoms with Gasteiger partial charge < -0.3 is 9.47 Å². The molecule has 0 fully saturated rings. The van der Waals surface area contributed by atoms with Gasteiger partial charge in [-0.3, -0.25) is 0 Å². The van der Waals surface area contributed by atoms with E-state index in [0.717, 1.165) is 48.6 Å². The highest BCUT2D eigenvalue weighted by Gasteiger charge is 2.04. The molecule has 0 bridgehead atoms. The van der Waals surface area contributed by atoms with Crippen molar-refractivity contribution in [1.82, 2.24) is 0 Å². The molecule has 4 aromatic rings. The van der Waals surface area contributed by atoms with Crippen LogP contribution in [-0.2, 0) is 13.1 Å². The summed E-state index contributed by atoms with van der Waals surface area (Å²) in [6.07, 6.45) is 19.4. The number of hydrogen-bond donors (Lipinski definition) is 0. The molecule has 0 aliphatic carbocycles. The van der Waals surface area contributed by atoms with Crippen LogP contribution in [-0.4, -0.2) is 14.2 Å². The minimum Gasteiger partial charge on any atom is -0.497 e. The van der Waals surface area contributed by atoms with Gasteiger partial charge in [0.1, 0.15) is 24.6 Å². The third-order valence-electron chi connectivity index (χ3n) is 6.08. The zero-order valence-corrected chi connectivity index (χ0v) is 21.1. The van der Waals surface area contributed by atoms with Crippen LogP contribution >= 0.6 is 0 Å². The van der Waals surface area contributed by atoms with E-state index in [4.69, 9.17) is 9.47 Å². The van der Waals surface area contributed by atoms with Crippen molar-refractivity contribution in [2.24, 2.45) is 0 Å². The van der Waals surface area contributed by atoms with E-state index in [0.29, 0.717) is 0 Å². The van der Waals surface area contributed by atoms with E-state index in [2.05, 4.69) is 107 Å². The average molecular weight is 479 g/mol. The highest BCUT2D eigenvalue weighted by Crippen LogP contribution is 2.14. The molecule has 2 aromatic heterocycles. The van der Waals surface area contributed by atoms with Crippen molar-refractivity contribution in [2.75, 3.05) is 14.2 Å². The maximum atomic E-state index is 5.21. The lowest BCUT2D eigenvalue weighted by atomic mass is 10.1. The third-order valence-corrected chi connectivity index (χ3v) is 6.08. The normalized spacial score (nSPS) is 11.3. The van der Waals surface area contributed by atoms with Gasteiger partial charge in [0.2, 0.25) is 0 Å². The number of unbranched alkanes of at least 4 members (excludes halogenated alkanes) is 1. The fraction of sp³-hybridized carbons (Fsp3) is 0.188. The molecule has 0 N–H and O–H groups in total. The van der Waals surface area contributed by atoms with E-state index in [-0.39, 0.29) is 0 Å². The summed E-state index contributed by atoms with van der Waals surface area (Å²) in [5.41, 5.74) is 4.70. The maximum absolute atomic E-state index is 5.21. The lowest BCUT2D eigenvalue weighted by Gasteiger charge is -2.00. The lowest BCUT2D eigenvalue weighted by molar-refractivity contribution is -0.708. The van der Waals surface area contributed by atoms with Crippen LogP contribution in [0.2, 0.25) is 0 Å². The van der Waals surface area contributed by atoms with Gasteiger partial charge in [-0.2, -0.15) is 0 Å². The van der Waals surface area contributed by atoms with E-state index < -0.39 is 0 Å². The van der Waals surface area contributed by atoms with Crippen LogP contribution in [0.4, 0.5) is 0 Å². The molecule has 182 valence electrons. The molecule has 0 aliphatic heterocycles. The zero-order chi connectivity index (χ0) is 25.0. The second-order valence-electron chi connectivity index (χ2n) is 8.66. The molecular formula is C32H34N2O2+2. The van der Waals surface area contributed by atoms with E-state index in [1.807, 2.05) is 24.3 Å². The fourth-order valence-corrected chi connectivity index (χ4v) is 3.86. The Morgan fingerprint density at radius 2 is 0.778 bits per heavy atom. The summed E-state index contributed by atoms with van der Waals surface area (Å²) in [5, 5.41) is 0. The Morgan fingerprint density at radius 3 is 1.08 bits per heavy atom. The predicted octanol–water partition coefficient (Wildman–Crippen LogP) is 6.10. The highest BCUT2D eigenvalue weighted by atomic mass is 16.5. The second kappa shape index (κ2) is 13.1. The largest absolute Gasteiger partial charge is 0.497 e. The first-order valence-electron chi connectivity index (χ1n) is 12.3. The summed E-state index contributed by atoms with van der Waals surface area (Å²) in [6.45, 7) is 2.04. The van der Waals surface area contributed by atoms with Crippen LogP contribution in [0, 0.1) is 0 Å². The van der Waals surface area contributed by atoms with Crippen molar-refractivity contribution in [3.8, 4) is 11.5 Å². The Bertz CT molecular complexity index is 1160. The molecule has 4 rings (SSSR count). The van der Waals surface area contributed by atoms with Gasteiger partial charge in [-0.05, 0) is 46.5 Å².